The van der Waals surface area contributed by atoms with Crippen molar-refractivity contribution in [2.75, 3.05) is 18.6 Å². The Morgan fingerprint density at radius 3 is 2.75 bits per heavy atom. The van der Waals surface area contributed by atoms with Crippen LogP contribution in [0.5, 0.6) is 5.75 Å². The summed E-state index contributed by atoms with van der Waals surface area (Å²) in [4.78, 5) is 20.5. The van der Waals surface area contributed by atoms with Crippen molar-refractivity contribution in [3.8, 4) is 5.75 Å². The number of para-hydroxylation sites is 2. The summed E-state index contributed by atoms with van der Waals surface area (Å²) in [5.41, 5.74) is 2.83. The number of H-pyrrole nitrogens is 1. The third kappa shape index (κ3) is 5.39. The highest BCUT2D eigenvalue weighted by molar-refractivity contribution is 7.98. The van der Waals surface area contributed by atoms with E-state index in [-0.39, 0.29) is 11.9 Å². The molecule has 3 aromatic rings. The lowest BCUT2D eigenvalue weighted by molar-refractivity contribution is -0.117. The maximum atomic E-state index is 12.5. The summed E-state index contributed by atoms with van der Waals surface area (Å²) >= 11 is 1.75. The van der Waals surface area contributed by atoms with Crippen molar-refractivity contribution >= 4 is 34.8 Å². The average molecular weight is 396 g/mol. The first-order valence-electron chi connectivity index (χ1n) is 9.34. The molecular formula is C22H25N3O2S. The molecule has 0 fully saturated rings. The number of hydrogen-bond acceptors (Lipinski definition) is 4. The summed E-state index contributed by atoms with van der Waals surface area (Å²) in [6.07, 6.45) is 6.23. The Balaban J connectivity index is 1.68. The van der Waals surface area contributed by atoms with E-state index in [0.29, 0.717) is 6.61 Å². The number of amides is 1. The van der Waals surface area contributed by atoms with E-state index < -0.39 is 0 Å². The van der Waals surface area contributed by atoms with E-state index in [9.17, 15) is 4.79 Å². The molecule has 3 rings (SSSR count). The van der Waals surface area contributed by atoms with Crippen LogP contribution in [0.4, 0.5) is 0 Å². The molecule has 1 heterocycles. The monoisotopic (exact) mass is 395 g/mol. The van der Waals surface area contributed by atoms with Gasteiger partial charge < -0.3 is 15.0 Å². The number of hydrogen-bond donors (Lipinski definition) is 2. The molecule has 0 saturated carbocycles. The molecular weight excluding hydrogens is 370 g/mol. The molecule has 1 amide bonds. The molecule has 1 atom stereocenters. The van der Waals surface area contributed by atoms with Crippen molar-refractivity contribution in [3.63, 3.8) is 0 Å². The quantitative estimate of drug-likeness (QED) is 0.520. The second-order valence-electron chi connectivity index (χ2n) is 6.32. The van der Waals surface area contributed by atoms with Crippen molar-refractivity contribution in [3.05, 3.63) is 66.0 Å². The minimum Gasteiger partial charge on any atom is -0.494 e. The molecule has 2 N–H and O–H groups in total. The number of aromatic nitrogens is 2. The van der Waals surface area contributed by atoms with Crippen LogP contribution in [0.15, 0.2) is 54.6 Å². The highest BCUT2D eigenvalue weighted by Gasteiger charge is 2.17. The van der Waals surface area contributed by atoms with E-state index in [4.69, 9.17) is 4.74 Å². The maximum absolute atomic E-state index is 12.5. The molecule has 0 spiro atoms. The van der Waals surface area contributed by atoms with E-state index in [2.05, 4.69) is 21.5 Å². The van der Waals surface area contributed by atoms with E-state index in [1.165, 1.54) is 0 Å². The van der Waals surface area contributed by atoms with Crippen LogP contribution in [0, 0.1) is 0 Å². The number of thioether (sulfide) groups is 1. The van der Waals surface area contributed by atoms with Gasteiger partial charge in [0.2, 0.25) is 5.91 Å². The summed E-state index contributed by atoms with van der Waals surface area (Å²) < 4.78 is 5.43. The molecule has 0 aliphatic heterocycles. The van der Waals surface area contributed by atoms with Gasteiger partial charge in [0.05, 0.1) is 23.7 Å². The Labute approximate surface area is 169 Å². The van der Waals surface area contributed by atoms with Gasteiger partial charge in [-0.25, -0.2) is 4.98 Å². The minimum atomic E-state index is -0.155. The topological polar surface area (TPSA) is 67.0 Å². The van der Waals surface area contributed by atoms with Crippen molar-refractivity contribution in [1.29, 1.82) is 0 Å². The van der Waals surface area contributed by atoms with Crippen LogP contribution in [0.1, 0.15) is 30.8 Å². The van der Waals surface area contributed by atoms with Crippen LogP contribution in [0.3, 0.4) is 0 Å². The zero-order valence-corrected chi connectivity index (χ0v) is 17.0. The molecule has 28 heavy (non-hydrogen) atoms. The van der Waals surface area contributed by atoms with Gasteiger partial charge in [-0.15, -0.1) is 0 Å². The molecule has 0 radical (unpaired) electrons. The standard InChI is InChI=1S/C22H25N3O2S/c1-3-27-17-11-8-16(9-12-17)10-13-21(26)23-20(14-15-28-2)22-24-18-6-4-5-7-19(18)25-22/h4-13,20H,3,14-15H2,1-2H3,(H,23,26)(H,24,25)/b13-10+. The maximum Gasteiger partial charge on any atom is 0.244 e. The minimum absolute atomic E-state index is 0.138. The van der Waals surface area contributed by atoms with Gasteiger partial charge in [0.15, 0.2) is 0 Å². The summed E-state index contributed by atoms with van der Waals surface area (Å²) in [5.74, 6) is 2.41. The van der Waals surface area contributed by atoms with Gasteiger partial charge >= 0.3 is 0 Å². The second-order valence-corrected chi connectivity index (χ2v) is 7.30. The molecule has 0 aliphatic rings. The Morgan fingerprint density at radius 2 is 2.04 bits per heavy atom. The highest BCUT2D eigenvalue weighted by Crippen LogP contribution is 2.20. The number of imidazole rings is 1. The van der Waals surface area contributed by atoms with Crippen LogP contribution in [-0.4, -0.2) is 34.5 Å². The molecule has 0 bridgehead atoms. The van der Waals surface area contributed by atoms with Gasteiger partial charge in [-0.05, 0) is 61.3 Å². The molecule has 1 aromatic heterocycles. The summed E-state index contributed by atoms with van der Waals surface area (Å²) in [6.45, 7) is 2.59. The van der Waals surface area contributed by atoms with Crippen molar-refractivity contribution in [1.82, 2.24) is 15.3 Å². The van der Waals surface area contributed by atoms with Crippen LogP contribution >= 0.6 is 11.8 Å². The van der Waals surface area contributed by atoms with Gasteiger partial charge in [0.1, 0.15) is 11.6 Å². The molecule has 0 aliphatic carbocycles. The predicted octanol–water partition coefficient (Wildman–Crippen LogP) is 4.59. The number of nitrogens with zero attached hydrogens (tertiary/aromatic N) is 1. The predicted molar refractivity (Wildman–Crippen MR) is 117 cm³/mol. The molecule has 1 unspecified atom stereocenters. The Hall–Kier alpha value is -2.73. The van der Waals surface area contributed by atoms with Gasteiger partial charge in [-0.3, -0.25) is 4.79 Å². The SMILES string of the molecule is CCOc1ccc(/C=C/C(=O)NC(CCSC)c2nc3ccccc3[nH]2)cc1. The number of nitrogens with one attached hydrogen (secondary N) is 2. The first-order valence-corrected chi connectivity index (χ1v) is 10.7. The van der Waals surface area contributed by atoms with Crippen LogP contribution in [0.2, 0.25) is 0 Å². The van der Waals surface area contributed by atoms with Gasteiger partial charge in [0.25, 0.3) is 0 Å². The van der Waals surface area contributed by atoms with Crippen molar-refractivity contribution < 1.29 is 9.53 Å². The fraction of sp³-hybridized carbons (Fsp3) is 0.273. The number of fused-ring (bicyclic) bond motifs is 1. The van der Waals surface area contributed by atoms with E-state index in [0.717, 1.165) is 40.3 Å². The molecule has 2 aromatic carbocycles. The Kier molecular flexibility index (Phi) is 7.14. The normalized spacial score (nSPS) is 12.4. The first kappa shape index (κ1) is 20.0. The lowest BCUT2D eigenvalue weighted by Crippen LogP contribution is -2.28. The van der Waals surface area contributed by atoms with E-state index >= 15 is 0 Å². The number of benzene rings is 2. The van der Waals surface area contributed by atoms with Crippen molar-refractivity contribution in [2.24, 2.45) is 0 Å². The fourth-order valence-electron chi connectivity index (χ4n) is 2.88. The van der Waals surface area contributed by atoms with Gasteiger partial charge in [-0.2, -0.15) is 11.8 Å². The Morgan fingerprint density at radius 1 is 1.25 bits per heavy atom. The zero-order valence-electron chi connectivity index (χ0n) is 16.1. The number of rotatable bonds is 9. The number of carbonyl (C=O) groups is 1. The van der Waals surface area contributed by atoms with Crippen LogP contribution < -0.4 is 10.1 Å². The van der Waals surface area contributed by atoms with Gasteiger partial charge in [-0.1, -0.05) is 24.3 Å². The third-order valence-corrected chi connectivity index (χ3v) is 4.93. The molecule has 6 heteroatoms. The molecule has 5 nitrogen and oxygen atoms in total. The zero-order chi connectivity index (χ0) is 19.8. The Bertz CT molecular complexity index is 901. The summed E-state index contributed by atoms with van der Waals surface area (Å²) in [5, 5.41) is 3.07. The molecule has 0 saturated heterocycles. The number of carbonyl (C=O) groups excluding carboxylic acids is 1. The fourth-order valence-corrected chi connectivity index (χ4v) is 3.36. The van der Waals surface area contributed by atoms with Crippen molar-refractivity contribution in [2.45, 2.75) is 19.4 Å². The lowest BCUT2D eigenvalue weighted by atomic mass is 10.2. The van der Waals surface area contributed by atoms with Crippen LogP contribution in [0.25, 0.3) is 17.1 Å². The van der Waals surface area contributed by atoms with E-state index in [1.807, 2.05) is 55.5 Å². The molecule has 146 valence electrons. The van der Waals surface area contributed by atoms with Gasteiger partial charge in [0, 0.05) is 6.08 Å². The van der Waals surface area contributed by atoms with E-state index in [1.54, 1.807) is 23.9 Å². The third-order valence-electron chi connectivity index (χ3n) is 4.28. The average Bonchev–Trinajstić information content (AvgIpc) is 3.15. The summed E-state index contributed by atoms with van der Waals surface area (Å²) in [7, 11) is 0. The number of ether oxygens (including phenoxy) is 1. The van der Waals surface area contributed by atoms with Crippen LogP contribution in [-0.2, 0) is 4.79 Å². The first-order chi connectivity index (χ1) is 13.7. The number of aromatic amines is 1. The summed E-state index contributed by atoms with van der Waals surface area (Å²) in [6, 6.07) is 15.4. The smallest absolute Gasteiger partial charge is 0.244 e. The lowest BCUT2D eigenvalue weighted by Gasteiger charge is -2.15. The largest absolute Gasteiger partial charge is 0.494 e. The highest BCUT2D eigenvalue weighted by atomic mass is 32.2. The second kappa shape index (κ2) is 9.99.